The first-order valence-corrected chi connectivity index (χ1v) is 11.7. The van der Waals surface area contributed by atoms with E-state index in [9.17, 15) is 9.59 Å². The molecule has 2 aromatic heterocycles. The number of H-pyrrole nitrogens is 1. The lowest BCUT2D eigenvalue weighted by Crippen LogP contribution is -2.39. The quantitative estimate of drug-likeness (QED) is 0.438. The highest BCUT2D eigenvalue weighted by molar-refractivity contribution is 7.07. The fourth-order valence-corrected chi connectivity index (χ4v) is 5.21. The van der Waals surface area contributed by atoms with Gasteiger partial charge in [-0.15, -0.1) is 0 Å². The number of ether oxygens (including phenoxy) is 2. The third kappa shape index (κ3) is 4.00. The molecule has 1 aliphatic rings. The van der Waals surface area contributed by atoms with Gasteiger partial charge in [0.25, 0.3) is 5.56 Å². The minimum absolute atomic E-state index is 0.247. The van der Waals surface area contributed by atoms with E-state index in [1.54, 1.807) is 43.0 Å². The van der Waals surface area contributed by atoms with Crippen LogP contribution in [-0.4, -0.2) is 35.0 Å². The number of methoxy groups -OCH3 is 2. The fourth-order valence-electron chi connectivity index (χ4n) is 4.18. The van der Waals surface area contributed by atoms with Crippen LogP contribution in [0.1, 0.15) is 24.1 Å². The summed E-state index contributed by atoms with van der Waals surface area (Å²) in [6.45, 7) is 1.75. The molecule has 1 N–H and O–H groups in total. The number of hydrogen-bond acceptors (Lipinski definition) is 7. The number of fused-ring (bicyclic) bond motifs is 1. The van der Waals surface area contributed by atoms with Gasteiger partial charge in [0.2, 0.25) is 0 Å². The van der Waals surface area contributed by atoms with Gasteiger partial charge in [0.1, 0.15) is 5.75 Å². The summed E-state index contributed by atoms with van der Waals surface area (Å²) in [4.78, 5) is 31.6. The number of benzene rings is 2. The second kappa shape index (κ2) is 9.19. The number of nitrogens with one attached hydrogen (secondary N) is 1. The zero-order valence-corrected chi connectivity index (χ0v) is 20.1. The van der Waals surface area contributed by atoms with E-state index >= 15 is 0 Å². The van der Waals surface area contributed by atoms with Crippen molar-refractivity contribution in [3.63, 3.8) is 0 Å². The van der Waals surface area contributed by atoms with Crippen molar-refractivity contribution in [2.45, 2.75) is 13.0 Å². The molecule has 9 heteroatoms. The zero-order valence-electron chi connectivity index (χ0n) is 19.3. The molecule has 0 aliphatic carbocycles. The molecule has 1 atom stereocenters. The molecule has 0 saturated carbocycles. The highest BCUT2D eigenvalue weighted by atomic mass is 32.1. The van der Waals surface area contributed by atoms with Crippen molar-refractivity contribution >= 4 is 23.4 Å². The summed E-state index contributed by atoms with van der Waals surface area (Å²) < 4.78 is 12.4. The Hall–Kier alpha value is -4.24. The predicted molar refractivity (Wildman–Crippen MR) is 133 cm³/mol. The molecule has 8 nitrogen and oxygen atoms in total. The average molecular weight is 487 g/mol. The van der Waals surface area contributed by atoms with E-state index in [-0.39, 0.29) is 5.56 Å². The number of aromatic amines is 1. The van der Waals surface area contributed by atoms with Crippen LogP contribution in [-0.2, 0) is 9.53 Å². The second-order valence-electron chi connectivity index (χ2n) is 7.91. The van der Waals surface area contributed by atoms with Gasteiger partial charge in [-0.05, 0) is 30.7 Å². The van der Waals surface area contributed by atoms with Crippen LogP contribution < -0.4 is 19.6 Å². The molecule has 5 rings (SSSR count). The van der Waals surface area contributed by atoms with Crippen LogP contribution in [0.25, 0.3) is 17.3 Å². The normalized spacial score (nSPS) is 15.5. The van der Waals surface area contributed by atoms with Crippen molar-refractivity contribution in [2.75, 3.05) is 14.2 Å². The smallest absolute Gasteiger partial charge is 0.338 e. The molecule has 0 amide bonds. The summed E-state index contributed by atoms with van der Waals surface area (Å²) in [6, 6.07) is 16.4. The van der Waals surface area contributed by atoms with Gasteiger partial charge in [0.05, 0.1) is 48.0 Å². The van der Waals surface area contributed by atoms with Gasteiger partial charge in [-0.2, -0.15) is 5.10 Å². The summed E-state index contributed by atoms with van der Waals surface area (Å²) in [5.41, 5.74) is 3.90. The molecular weight excluding hydrogens is 464 g/mol. The molecule has 3 heterocycles. The van der Waals surface area contributed by atoms with Crippen LogP contribution in [0.4, 0.5) is 0 Å². The van der Waals surface area contributed by atoms with Crippen molar-refractivity contribution in [1.29, 1.82) is 0 Å². The molecule has 0 radical (unpaired) electrons. The Morgan fingerprint density at radius 3 is 2.54 bits per heavy atom. The lowest BCUT2D eigenvalue weighted by atomic mass is 9.96. The number of hydrogen-bond donors (Lipinski definition) is 1. The fraction of sp³-hybridized carbons (Fsp3) is 0.154. The molecule has 1 aliphatic heterocycles. The number of nitrogens with zero attached hydrogens (tertiary/aromatic N) is 3. The zero-order chi connectivity index (χ0) is 24.5. The SMILES string of the molecule is COC(=O)C1=C(C)N=c2sc(=Cc3cn[nH]c3-c3ccccc3)c(=O)n2C1c1ccc(OC)cc1. The summed E-state index contributed by atoms with van der Waals surface area (Å²) in [6.07, 6.45) is 3.49. The van der Waals surface area contributed by atoms with E-state index in [1.807, 2.05) is 42.5 Å². The Morgan fingerprint density at radius 1 is 1.11 bits per heavy atom. The van der Waals surface area contributed by atoms with Crippen molar-refractivity contribution in [1.82, 2.24) is 14.8 Å². The highest BCUT2D eigenvalue weighted by Crippen LogP contribution is 2.31. The van der Waals surface area contributed by atoms with E-state index in [1.165, 1.54) is 18.4 Å². The van der Waals surface area contributed by atoms with Crippen LogP contribution in [0.3, 0.4) is 0 Å². The Morgan fingerprint density at radius 2 is 1.86 bits per heavy atom. The number of carbonyl (C=O) groups excluding carboxylic acids is 1. The third-order valence-corrected chi connectivity index (χ3v) is 6.86. The van der Waals surface area contributed by atoms with Crippen molar-refractivity contribution < 1.29 is 14.3 Å². The Bertz CT molecular complexity index is 1610. The lowest BCUT2D eigenvalue weighted by molar-refractivity contribution is -0.136. The van der Waals surface area contributed by atoms with E-state index in [0.717, 1.165) is 22.4 Å². The molecule has 1 unspecified atom stereocenters. The summed E-state index contributed by atoms with van der Waals surface area (Å²) in [5.74, 6) is 0.150. The van der Waals surface area contributed by atoms with Crippen LogP contribution in [0.5, 0.6) is 5.75 Å². The first-order valence-electron chi connectivity index (χ1n) is 10.9. The largest absolute Gasteiger partial charge is 0.497 e. The number of esters is 1. The molecule has 2 aromatic carbocycles. The first-order chi connectivity index (χ1) is 17.0. The monoisotopic (exact) mass is 486 g/mol. The van der Waals surface area contributed by atoms with E-state index in [2.05, 4.69) is 15.2 Å². The van der Waals surface area contributed by atoms with E-state index in [4.69, 9.17) is 9.47 Å². The van der Waals surface area contributed by atoms with Gasteiger partial charge >= 0.3 is 5.97 Å². The maximum Gasteiger partial charge on any atom is 0.338 e. The number of allylic oxidation sites excluding steroid dienone is 1. The van der Waals surface area contributed by atoms with Crippen molar-refractivity contribution in [3.8, 4) is 17.0 Å². The minimum Gasteiger partial charge on any atom is -0.497 e. The number of rotatable bonds is 5. The van der Waals surface area contributed by atoms with Gasteiger partial charge < -0.3 is 9.47 Å². The predicted octanol–water partition coefficient (Wildman–Crippen LogP) is 2.81. The summed E-state index contributed by atoms with van der Waals surface area (Å²) in [5, 5.41) is 7.19. The van der Waals surface area contributed by atoms with Crippen molar-refractivity contribution in [2.24, 2.45) is 4.99 Å². The van der Waals surface area contributed by atoms with Gasteiger partial charge in [-0.25, -0.2) is 9.79 Å². The molecule has 4 aromatic rings. The maximum atomic E-state index is 13.7. The van der Waals surface area contributed by atoms with Gasteiger partial charge in [-0.1, -0.05) is 53.8 Å². The van der Waals surface area contributed by atoms with Crippen molar-refractivity contribution in [3.05, 3.63) is 103 Å². The first kappa shape index (κ1) is 22.5. The molecule has 35 heavy (non-hydrogen) atoms. The van der Waals surface area contributed by atoms with Crippen LogP contribution in [0, 0.1) is 0 Å². The Balaban J connectivity index is 1.70. The molecule has 0 spiro atoms. The van der Waals surface area contributed by atoms with Crippen LogP contribution >= 0.6 is 11.3 Å². The van der Waals surface area contributed by atoms with Crippen LogP contribution in [0.15, 0.2) is 81.9 Å². The standard InChI is InChI=1S/C26H22N4O4S/c1-15-21(25(32)34-3)23(17-9-11-19(33-2)12-10-17)30-24(31)20(35-26(30)28-15)13-18-14-27-29-22(18)16-7-5-4-6-8-16/h4-14,23H,1-3H3,(H,27,29). The topological polar surface area (TPSA) is 98.6 Å². The number of aromatic nitrogens is 3. The maximum absolute atomic E-state index is 13.7. The number of thiazole rings is 1. The van der Waals surface area contributed by atoms with Crippen LogP contribution in [0.2, 0.25) is 0 Å². The van der Waals surface area contributed by atoms with Gasteiger partial charge in [-0.3, -0.25) is 14.5 Å². The van der Waals surface area contributed by atoms with E-state index < -0.39 is 12.0 Å². The summed E-state index contributed by atoms with van der Waals surface area (Å²) in [7, 11) is 2.91. The Labute approximate surface area is 204 Å². The molecule has 176 valence electrons. The minimum atomic E-state index is -0.676. The number of carbonyl (C=O) groups is 1. The van der Waals surface area contributed by atoms with E-state index in [0.29, 0.717) is 26.4 Å². The highest BCUT2D eigenvalue weighted by Gasteiger charge is 2.33. The summed E-state index contributed by atoms with van der Waals surface area (Å²) >= 11 is 1.27. The molecule has 0 fully saturated rings. The second-order valence-corrected chi connectivity index (χ2v) is 8.92. The lowest BCUT2D eigenvalue weighted by Gasteiger charge is -2.24. The molecule has 0 bridgehead atoms. The average Bonchev–Trinajstić information content (AvgIpc) is 3.47. The Kier molecular flexibility index (Phi) is 5.92. The molecule has 0 saturated heterocycles. The third-order valence-electron chi connectivity index (χ3n) is 5.88. The molecular formula is C26H22N4O4S. The van der Waals surface area contributed by atoms with Gasteiger partial charge in [0.15, 0.2) is 4.80 Å². The van der Waals surface area contributed by atoms with Gasteiger partial charge in [0, 0.05) is 11.1 Å².